The zero-order valence-electron chi connectivity index (χ0n) is 19.2. The van der Waals surface area contributed by atoms with Crippen molar-refractivity contribution in [2.75, 3.05) is 44.7 Å². The van der Waals surface area contributed by atoms with E-state index in [0.29, 0.717) is 45.9 Å². The summed E-state index contributed by atoms with van der Waals surface area (Å²) in [6.45, 7) is 0.860. The van der Waals surface area contributed by atoms with Gasteiger partial charge >= 0.3 is 0 Å². The summed E-state index contributed by atoms with van der Waals surface area (Å²) in [7, 11) is 4.71. The van der Waals surface area contributed by atoms with E-state index < -0.39 is 0 Å². The van der Waals surface area contributed by atoms with Gasteiger partial charge < -0.3 is 38.5 Å². The van der Waals surface area contributed by atoms with E-state index in [2.05, 4.69) is 15.3 Å². The highest BCUT2D eigenvalue weighted by molar-refractivity contribution is 5.86. The van der Waals surface area contributed by atoms with E-state index in [1.807, 2.05) is 27.8 Å². The number of aliphatic hydroxyl groups is 1. The number of nitrogens with one attached hydrogen (secondary N) is 1. The second-order valence-corrected chi connectivity index (χ2v) is 7.85. The van der Waals surface area contributed by atoms with Crippen LogP contribution in [-0.4, -0.2) is 65.1 Å². The first-order chi connectivity index (χ1) is 16.6. The normalized spacial score (nSPS) is 15.6. The van der Waals surface area contributed by atoms with Crippen LogP contribution < -0.4 is 24.4 Å². The maximum atomic E-state index is 9.72. The van der Waals surface area contributed by atoms with Gasteiger partial charge in [0.2, 0.25) is 11.7 Å². The van der Waals surface area contributed by atoms with Crippen LogP contribution >= 0.6 is 0 Å². The maximum absolute atomic E-state index is 9.72. The van der Waals surface area contributed by atoms with Crippen LogP contribution in [0.15, 0.2) is 41.4 Å². The average molecular weight is 466 g/mol. The summed E-state index contributed by atoms with van der Waals surface area (Å²) in [4.78, 5) is 15.8. The predicted octanol–water partition coefficient (Wildman–Crippen LogP) is 3.14. The summed E-state index contributed by atoms with van der Waals surface area (Å²) in [5.74, 6) is 3.23. The summed E-state index contributed by atoms with van der Waals surface area (Å²) in [6, 6.07) is 5.48. The van der Waals surface area contributed by atoms with Crippen molar-refractivity contribution < 1.29 is 23.7 Å². The van der Waals surface area contributed by atoms with Gasteiger partial charge in [-0.05, 0) is 12.8 Å². The highest BCUT2D eigenvalue weighted by Gasteiger charge is 2.27. The molecular weight excluding hydrogens is 440 g/mol. The van der Waals surface area contributed by atoms with Crippen LogP contribution in [-0.2, 0) is 0 Å². The minimum Gasteiger partial charge on any atom is -0.493 e. The number of methoxy groups -OCH3 is 3. The third-order valence-corrected chi connectivity index (χ3v) is 5.91. The van der Waals surface area contributed by atoms with Gasteiger partial charge in [0.1, 0.15) is 17.7 Å². The minimum absolute atomic E-state index is 0.0106. The van der Waals surface area contributed by atoms with Crippen molar-refractivity contribution in [1.29, 1.82) is 0 Å². The number of rotatable bonds is 8. The first kappa shape index (κ1) is 21.8. The number of furan rings is 1. The second kappa shape index (κ2) is 9.10. The highest BCUT2D eigenvalue weighted by atomic mass is 16.5. The molecular formula is C23H26N6O5. The number of imidazole rings is 1. The average Bonchev–Trinajstić information content (AvgIpc) is 3.63. The Morgan fingerprint density at radius 2 is 1.94 bits per heavy atom. The summed E-state index contributed by atoms with van der Waals surface area (Å²) in [5, 5.41) is 13.0. The Morgan fingerprint density at radius 3 is 2.65 bits per heavy atom. The fourth-order valence-electron chi connectivity index (χ4n) is 4.22. The molecule has 4 heterocycles. The Labute approximate surface area is 195 Å². The molecule has 0 radical (unpaired) electrons. The van der Waals surface area contributed by atoms with Gasteiger partial charge in [0.15, 0.2) is 22.9 Å². The van der Waals surface area contributed by atoms with E-state index in [-0.39, 0.29) is 12.6 Å². The highest BCUT2D eigenvalue weighted by Crippen LogP contribution is 2.39. The van der Waals surface area contributed by atoms with Crippen LogP contribution in [0.3, 0.4) is 0 Å². The molecule has 4 aromatic rings. The minimum atomic E-state index is 0.0106. The molecule has 0 saturated carbocycles. The molecule has 1 aliphatic heterocycles. The van der Waals surface area contributed by atoms with Gasteiger partial charge in [0.25, 0.3) is 0 Å². The lowest BCUT2D eigenvalue weighted by molar-refractivity contribution is 0.265. The third-order valence-electron chi connectivity index (χ3n) is 5.91. The molecule has 0 bridgehead atoms. The van der Waals surface area contributed by atoms with Gasteiger partial charge in [0, 0.05) is 24.7 Å². The Morgan fingerprint density at radius 1 is 1.15 bits per heavy atom. The Balaban J connectivity index is 1.47. The molecule has 11 heteroatoms. The number of nitrogens with zero attached hydrogens (tertiary/aromatic N) is 5. The van der Waals surface area contributed by atoms with Gasteiger partial charge in [-0.3, -0.25) is 0 Å². The van der Waals surface area contributed by atoms with Crippen LogP contribution in [0.2, 0.25) is 0 Å². The standard InChI is InChI=1S/C23H26N6O5/c1-31-17-9-15(10-18(32-2)21(17)33-3)28-11-19(24-13-28)26-22-20-16(6-8-34-20)25-23(27-22)29-7-4-5-14(29)12-30/h6,8-11,13-14,30H,4-5,7,12H2,1-3H3,(H,25,26,27). The molecule has 5 rings (SSSR count). The zero-order chi connectivity index (χ0) is 23.7. The predicted molar refractivity (Wildman–Crippen MR) is 126 cm³/mol. The lowest BCUT2D eigenvalue weighted by Crippen LogP contribution is -2.33. The van der Waals surface area contributed by atoms with Crippen LogP contribution in [0, 0.1) is 0 Å². The molecule has 1 atom stereocenters. The summed E-state index contributed by atoms with van der Waals surface area (Å²) in [5.41, 5.74) is 2.00. The quantitative estimate of drug-likeness (QED) is 0.401. The van der Waals surface area contributed by atoms with Crippen LogP contribution in [0.1, 0.15) is 12.8 Å². The Bertz CT molecular complexity index is 1280. The number of ether oxygens (including phenoxy) is 3. The Kier molecular flexibility index (Phi) is 5.84. The SMILES string of the molecule is COc1cc(-n2cnc(Nc3nc(N4CCCC4CO)nc4ccoc34)c2)cc(OC)c1OC. The largest absolute Gasteiger partial charge is 0.493 e. The van der Waals surface area contributed by atoms with Crippen molar-refractivity contribution in [2.45, 2.75) is 18.9 Å². The van der Waals surface area contributed by atoms with Crippen molar-refractivity contribution >= 4 is 28.7 Å². The molecule has 0 spiro atoms. The number of hydrogen-bond donors (Lipinski definition) is 2. The van der Waals surface area contributed by atoms with Gasteiger partial charge in [-0.2, -0.15) is 4.98 Å². The number of aromatic nitrogens is 4. The van der Waals surface area contributed by atoms with Crippen LogP contribution in [0.25, 0.3) is 16.8 Å². The van der Waals surface area contributed by atoms with E-state index >= 15 is 0 Å². The van der Waals surface area contributed by atoms with Crippen molar-refractivity contribution in [2.24, 2.45) is 0 Å². The fourth-order valence-corrected chi connectivity index (χ4v) is 4.22. The second-order valence-electron chi connectivity index (χ2n) is 7.85. The molecule has 1 aromatic carbocycles. The van der Waals surface area contributed by atoms with Crippen molar-refractivity contribution in [3.63, 3.8) is 0 Å². The smallest absolute Gasteiger partial charge is 0.228 e. The van der Waals surface area contributed by atoms with Gasteiger partial charge in [0.05, 0.1) is 52.1 Å². The number of aliphatic hydroxyl groups excluding tert-OH is 1. The Hall–Kier alpha value is -3.99. The molecule has 3 aromatic heterocycles. The van der Waals surface area contributed by atoms with Crippen LogP contribution in [0.4, 0.5) is 17.6 Å². The fraction of sp³-hybridized carbons (Fsp3) is 0.348. The van der Waals surface area contributed by atoms with Crippen LogP contribution in [0.5, 0.6) is 17.2 Å². The monoisotopic (exact) mass is 466 g/mol. The number of benzene rings is 1. The van der Waals surface area contributed by atoms with Gasteiger partial charge in [-0.15, -0.1) is 0 Å². The zero-order valence-corrected chi connectivity index (χ0v) is 19.2. The summed E-state index contributed by atoms with van der Waals surface area (Å²) >= 11 is 0. The number of fused-ring (bicyclic) bond motifs is 1. The molecule has 1 fully saturated rings. The molecule has 178 valence electrons. The molecule has 11 nitrogen and oxygen atoms in total. The molecule has 1 aliphatic rings. The number of anilines is 3. The van der Waals surface area contributed by atoms with E-state index in [1.165, 1.54) is 0 Å². The van der Waals surface area contributed by atoms with Gasteiger partial charge in [-0.25, -0.2) is 9.97 Å². The van der Waals surface area contributed by atoms with E-state index in [1.54, 1.807) is 40.0 Å². The first-order valence-corrected chi connectivity index (χ1v) is 10.9. The molecule has 1 unspecified atom stereocenters. The lowest BCUT2D eigenvalue weighted by atomic mass is 10.2. The van der Waals surface area contributed by atoms with Crippen molar-refractivity contribution in [3.8, 4) is 22.9 Å². The molecule has 0 aliphatic carbocycles. The molecule has 34 heavy (non-hydrogen) atoms. The lowest BCUT2D eigenvalue weighted by Gasteiger charge is -2.23. The van der Waals surface area contributed by atoms with Crippen molar-refractivity contribution in [3.05, 3.63) is 37.0 Å². The molecule has 0 amide bonds. The molecule has 2 N–H and O–H groups in total. The maximum Gasteiger partial charge on any atom is 0.228 e. The van der Waals surface area contributed by atoms with E-state index in [4.69, 9.17) is 23.6 Å². The summed E-state index contributed by atoms with van der Waals surface area (Å²) in [6.07, 6.45) is 6.97. The first-order valence-electron chi connectivity index (χ1n) is 10.9. The number of hydrogen-bond acceptors (Lipinski definition) is 10. The molecule has 1 saturated heterocycles. The van der Waals surface area contributed by atoms with Gasteiger partial charge in [-0.1, -0.05) is 0 Å². The topological polar surface area (TPSA) is 120 Å². The van der Waals surface area contributed by atoms with Crippen molar-refractivity contribution in [1.82, 2.24) is 19.5 Å². The van der Waals surface area contributed by atoms with E-state index in [0.717, 1.165) is 25.1 Å². The third kappa shape index (κ3) is 3.83. The van der Waals surface area contributed by atoms with E-state index in [9.17, 15) is 5.11 Å². The summed E-state index contributed by atoms with van der Waals surface area (Å²) < 4.78 is 23.8.